The Balaban J connectivity index is 1.47. The Kier molecular flexibility index (Phi) is 14.3. The van der Waals surface area contributed by atoms with Crippen LogP contribution in [0.15, 0.2) is 35.3 Å². The number of aromatic nitrogens is 4. The molecule has 0 spiro atoms. The molecule has 0 fully saturated rings. The van der Waals surface area contributed by atoms with Gasteiger partial charge in [-0.05, 0) is 44.0 Å². The number of aromatic amines is 1. The van der Waals surface area contributed by atoms with Crippen LogP contribution in [0.3, 0.4) is 0 Å². The third-order valence-corrected chi connectivity index (χ3v) is 8.02. The molecule has 4 atom stereocenters. The van der Waals surface area contributed by atoms with Crippen LogP contribution in [0, 0.1) is 5.92 Å². The summed E-state index contributed by atoms with van der Waals surface area (Å²) in [7, 11) is 0. The van der Waals surface area contributed by atoms with Crippen LogP contribution >= 0.6 is 12.6 Å². The van der Waals surface area contributed by atoms with Crippen molar-refractivity contribution in [1.82, 2.24) is 30.6 Å². The number of carbonyl (C=O) groups is 6. The number of hydrogen-bond donors (Lipinski definition) is 9. The number of ketones is 2. The maximum Gasteiger partial charge on any atom is 0.326 e. The van der Waals surface area contributed by atoms with Gasteiger partial charge in [0.15, 0.2) is 11.2 Å². The number of carbonyl (C=O) groups excluding carboxylic acids is 4. The Morgan fingerprint density at radius 2 is 1.66 bits per heavy atom. The topological polar surface area (TPSA) is 303 Å². The molecule has 18 nitrogen and oxygen atoms in total. The molecule has 268 valence electrons. The van der Waals surface area contributed by atoms with Crippen LogP contribution in [0.25, 0.3) is 11.2 Å². The minimum Gasteiger partial charge on any atom is -0.481 e. The molecule has 0 aliphatic heterocycles. The number of amides is 2. The largest absolute Gasteiger partial charge is 0.481 e. The number of nitrogens with zero attached hydrogens (tertiary/aromatic N) is 3. The fourth-order valence-corrected chi connectivity index (χ4v) is 4.76. The Morgan fingerprint density at radius 3 is 2.30 bits per heavy atom. The van der Waals surface area contributed by atoms with Crippen molar-refractivity contribution in [3.63, 3.8) is 0 Å². The van der Waals surface area contributed by atoms with E-state index in [-0.39, 0.29) is 60.9 Å². The molecular weight excluding hydrogens is 674 g/mol. The average Bonchev–Trinajstić information content (AvgIpc) is 3.07. The zero-order valence-electron chi connectivity index (χ0n) is 27.0. The SMILES string of the molecule is C[C@H](CS)NC(=O)[C@H](CC(=O)O)CC(=O)[C@@H](N)CCC(=O)CC[C@H](NC(=O)c1ccc(NCc2cnc3nc(N)[nH]c(=O)c3n2)cc1)C(=O)O. The van der Waals surface area contributed by atoms with Crippen LogP contribution in [0.5, 0.6) is 0 Å². The highest BCUT2D eigenvalue weighted by Crippen LogP contribution is 2.15. The Hall–Kier alpha value is -5.43. The van der Waals surface area contributed by atoms with Crippen LogP contribution in [0.1, 0.15) is 61.5 Å². The van der Waals surface area contributed by atoms with Gasteiger partial charge in [0.2, 0.25) is 11.9 Å². The molecule has 0 unspecified atom stereocenters. The number of hydrogen-bond acceptors (Lipinski definition) is 14. The Bertz CT molecular complexity index is 1790. The first-order valence-corrected chi connectivity index (χ1v) is 16.1. The zero-order valence-corrected chi connectivity index (χ0v) is 27.9. The normalized spacial score (nSPS) is 13.4. The van der Waals surface area contributed by atoms with E-state index >= 15 is 0 Å². The molecule has 0 aliphatic rings. The van der Waals surface area contributed by atoms with Crippen LogP contribution in [0.4, 0.5) is 11.6 Å². The second-order valence-corrected chi connectivity index (χ2v) is 11.9. The predicted octanol–water partition coefficient (Wildman–Crippen LogP) is 0.0318. The van der Waals surface area contributed by atoms with Crippen LogP contribution in [0.2, 0.25) is 0 Å². The fourth-order valence-electron chi connectivity index (χ4n) is 4.66. The number of nitrogen functional groups attached to an aromatic ring is 1. The molecule has 3 aromatic rings. The number of rotatable bonds is 20. The molecule has 2 heterocycles. The minimum absolute atomic E-state index is 0.0273. The van der Waals surface area contributed by atoms with Gasteiger partial charge in [-0.25, -0.2) is 14.8 Å². The van der Waals surface area contributed by atoms with Gasteiger partial charge >= 0.3 is 11.9 Å². The van der Waals surface area contributed by atoms with E-state index in [2.05, 4.69) is 48.5 Å². The molecule has 10 N–H and O–H groups in total. The molecule has 2 amide bonds. The quantitative estimate of drug-likeness (QED) is 0.0698. The van der Waals surface area contributed by atoms with Gasteiger partial charge in [0.05, 0.1) is 36.8 Å². The monoisotopic (exact) mass is 713 g/mol. The number of nitrogens with two attached hydrogens (primary N) is 2. The van der Waals surface area contributed by atoms with E-state index in [0.29, 0.717) is 17.1 Å². The lowest BCUT2D eigenvalue weighted by molar-refractivity contribution is -0.142. The van der Waals surface area contributed by atoms with E-state index < -0.39 is 71.7 Å². The highest BCUT2D eigenvalue weighted by molar-refractivity contribution is 7.80. The Labute approximate surface area is 290 Å². The second-order valence-electron chi connectivity index (χ2n) is 11.6. The number of aliphatic carboxylic acids is 2. The average molecular weight is 714 g/mol. The van der Waals surface area contributed by atoms with E-state index in [1.165, 1.54) is 18.3 Å². The summed E-state index contributed by atoms with van der Waals surface area (Å²) in [6, 6.07) is 3.24. The van der Waals surface area contributed by atoms with Crippen molar-refractivity contribution >= 4 is 70.7 Å². The standard InChI is InChI=1S/C31H39N9O9S/c1-15(14-50)36-28(46)17(11-24(43)44)10-23(42)21(32)8-6-20(41)7-9-22(30(48)49)38-27(45)16-2-4-18(5-3-16)34-12-19-13-35-26-25(37-19)29(47)40-31(33)39-26/h2-5,13,15,17,21-22,34,50H,6-12,14,32H2,1H3,(H,36,46)(H,38,45)(H,43,44)(H,48,49)(H3,33,35,39,40,47)/t15-,17+,21+,22+/m1/s1. The molecule has 19 heteroatoms. The first-order chi connectivity index (χ1) is 23.7. The maximum atomic E-state index is 12.8. The van der Waals surface area contributed by atoms with E-state index in [0.717, 1.165) is 0 Å². The second kappa shape index (κ2) is 18.4. The van der Waals surface area contributed by atoms with Gasteiger partial charge in [-0.2, -0.15) is 17.6 Å². The van der Waals surface area contributed by atoms with E-state index in [1.807, 2.05) is 0 Å². The lowest BCUT2D eigenvalue weighted by Crippen LogP contribution is -2.42. The number of nitrogens with one attached hydrogen (secondary N) is 4. The molecule has 2 aromatic heterocycles. The number of Topliss-reactive ketones (excluding diaryl/α,β-unsaturated/α-hetero) is 2. The molecule has 0 saturated carbocycles. The van der Waals surface area contributed by atoms with Crippen LogP contribution in [-0.2, 0) is 30.5 Å². The van der Waals surface area contributed by atoms with Gasteiger partial charge in [-0.1, -0.05) is 0 Å². The van der Waals surface area contributed by atoms with Crippen molar-refractivity contribution in [1.29, 1.82) is 0 Å². The summed E-state index contributed by atoms with van der Waals surface area (Å²) in [5.74, 6) is -5.80. The van der Waals surface area contributed by atoms with Crippen LogP contribution < -0.4 is 33.0 Å². The highest BCUT2D eigenvalue weighted by Gasteiger charge is 2.28. The molecule has 3 rings (SSSR count). The van der Waals surface area contributed by atoms with Crippen molar-refractivity contribution < 1.29 is 39.0 Å². The number of fused-ring (bicyclic) bond motifs is 1. The van der Waals surface area contributed by atoms with E-state index in [4.69, 9.17) is 16.6 Å². The highest BCUT2D eigenvalue weighted by atomic mass is 32.1. The summed E-state index contributed by atoms with van der Waals surface area (Å²) in [5.41, 5.74) is 12.2. The van der Waals surface area contributed by atoms with Gasteiger partial charge in [0.1, 0.15) is 17.6 Å². The number of carboxylic acids is 2. The van der Waals surface area contributed by atoms with Crippen molar-refractivity contribution in [2.24, 2.45) is 11.7 Å². The van der Waals surface area contributed by atoms with Gasteiger partial charge in [-0.15, -0.1) is 0 Å². The maximum absolute atomic E-state index is 12.8. The van der Waals surface area contributed by atoms with Crippen molar-refractivity contribution in [2.75, 3.05) is 16.8 Å². The molecule has 1 aromatic carbocycles. The minimum atomic E-state index is -1.38. The van der Waals surface area contributed by atoms with Crippen LogP contribution in [-0.4, -0.2) is 89.3 Å². The van der Waals surface area contributed by atoms with Crippen molar-refractivity contribution in [3.8, 4) is 0 Å². The summed E-state index contributed by atoms with van der Waals surface area (Å²) in [4.78, 5) is 100. The summed E-state index contributed by atoms with van der Waals surface area (Å²) >= 11 is 4.06. The van der Waals surface area contributed by atoms with E-state index in [9.17, 15) is 38.7 Å². The summed E-state index contributed by atoms with van der Waals surface area (Å²) in [5, 5.41) is 26.8. The summed E-state index contributed by atoms with van der Waals surface area (Å²) in [6.07, 6.45) is -0.262. The van der Waals surface area contributed by atoms with Gasteiger partial charge in [0.25, 0.3) is 11.5 Å². The smallest absolute Gasteiger partial charge is 0.326 e. The Morgan fingerprint density at radius 1 is 0.980 bits per heavy atom. The van der Waals surface area contributed by atoms with Gasteiger partial charge in [0, 0.05) is 42.3 Å². The first-order valence-electron chi connectivity index (χ1n) is 15.5. The van der Waals surface area contributed by atoms with Crippen molar-refractivity contribution in [3.05, 3.63) is 52.1 Å². The predicted molar refractivity (Wildman–Crippen MR) is 183 cm³/mol. The van der Waals surface area contributed by atoms with Crippen molar-refractivity contribution in [2.45, 2.75) is 70.1 Å². The summed E-state index contributed by atoms with van der Waals surface area (Å²) in [6.45, 7) is 1.86. The fraction of sp³-hybridized carbons (Fsp3) is 0.419. The molecular formula is C31H39N9O9S. The number of carboxylic acid groups (broad SMARTS) is 2. The third-order valence-electron chi connectivity index (χ3n) is 7.47. The molecule has 0 saturated heterocycles. The number of H-pyrrole nitrogens is 1. The lowest BCUT2D eigenvalue weighted by Gasteiger charge is -2.19. The number of thiol groups is 1. The summed E-state index contributed by atoms with van der Waals surface area (Å²) < 4.78 is 0. The molecule has 0 radical (unpaired) electrons. The van der Waals surface area contributed by atoms with Gasteiger partial charge < -0.3 is 37.6 Å². The van der Waals surface area contributed by atoms with Gasteiger partial charge in [-0.3, -0.25) is 33.8 Å². The zero-order chi connectivity index (χ0) is 37.0. The number of anilines is 2. The molecule has 50 heavy (non-hydrogen) atoms. The van der Waals surface area contributed by atoms with E-state index in [1.54, 1.807) is 19.1 Å². The molecule has 0 aliphatic carbocycles. The molecule has 0 bridgehead atoms. The lowest BCUT2D eigenvalue weighted by atomic mass is 9.92. The third kappa shape index (κ3) is 11.9. The first kappa shape index (κ1) is 39.0. The number of benzene rings is 1.